The Labute approximate surface area is 423 Å². The van der Waals surface area contributed by atoms with E-state index in [1.807, 2.05) is 96.5 Å². The van der Waals surface area contributed by atoms with E-state index in [9.17, 15) is 36.6 Å². The fraction of sp³-hybridized carbons (Fsp3) is 0.333. The molecule has 0 aliphatic carbocycles. The summed E-state index contributed by atoms with van der Waals surface area (Å²) in [5, 5.41) is 23.8. The number of nitrogens with zero attached hydrogens (tertiary/aromatic N) is 1. The van der Waals surface area contributed by atoms with Gasteiger partial charge in [-0.25, -0.2) is 26.3 Å². The minimum absolute atomic E-state index is 0.0532. The van der Waals surface area contributed by atoms with E-state index in [4.69, 9.17) is 42.1 Å². The van der Waals surface area contributed by atoms with Crippen LogP contribution in [0.5, 0.6) is 0 Å². The third-order valence-corrected chi connectivity index (χ3v) is 12.9. The van der Waals surface area contributed by atoms with E-state index < -0.39 is 71.0 Å². The minimum Gasteiger partial charge on any atom is -0.394 e. The molecule has 2 aliphatic heterocycles. The first-order chi connectivity index (χ1) is 34.3. The van der Waals surface area contributed by atoms with Crippen LogP contribution in [0.1, 0.15) is 46.2 Å². The molecule has 0 bridgehead atoms. The van der Waals surface area contributed by atoms with Gasteiger partial charge in [0.25, 0.3) is 0 Å². The normalized spacial score (nSPS) is 20.6. The predicted molar refractivity (Wildman–Crippen MR) is 266 cm³/mol. The van der Waals surface area contributed by atoms with Crippen LogP contribution in [-0.4, -0.2) is 79.4 Å². The number of hydrogen-bond donors (Lipinski definition) is 3. The molecule has 8 rings (SSSR count). The number of β-amino-alcohol motifs (C(OH)–C–C–N with tert-alkyl or cyclic N) is 1. The summed E-state index contributed by atoms with van der Waals surface area (Å²) in [7, 11) is 2.42. The first kappa shape index (κ1) is 55.9. The van der Waals surface area contributed by atoms with Crippen molar-refractivity contribution in [3.05, 3.63) is 212 Å². The van der Waals surface area contributed by atoms with E-state index in [1.54, 1.807) is 24.3 Å². The van der Waals surface area contributed by atoms with Crippen molar-refractivity contribution in [1.82, 2.24) is 10.2 Å². The standard InChI is InChI=1S/C28H29ClF3NO4.C25H23ClF3NO2.CH5P/c29-22-9-7-21(8-10-22)28(37-17-19-4-2-1-3-5-19)12-13-33(14-23(35)16-34)15-25(28)36-18-20-6-11-24(30)27(32)26(20)31;26-20-9-7-19(8-10-20)25(32-15-17-4-2-1-3-5-17)12-13-30-14-22(25)31-16-18-6-11-21(27)24(29)23(18)28;1-2/h1-11,23,25,34-35H,12-18H2;1-11,22,30H,12-16H2;2H2,1H3/t23?,25-,28-;22-,25-;/m11./s1. The van der Waals surface area contributed by atoms with Crippen molar-refractivity contribution in [3.63, 3.8) is 0 Å². The molecular formula is C54H57Cl2F6N2O6P. The molecule has 2 heterocycles. The van der Waals surface area contributed by atoms with Gasteiger partial charge < -0.3 is 34.5 Å². The zero-order valence-corrected chi connectivity index (χ0v) is 41.7. The second kappa shape index (κ2) is 27.0. The summed E-state index contributed by atoms with van der Waals surface area (Å²) in [6.07, 6.45) is -1.09. The van der Waals surface area contributed by atoms with E-state index >= 15 is 0 Å². The molecule has 0 saturated carbocycles. The van der Waals surface area contributed by atoms with Crippen LogP contribution >= 0.6 is 32.4 Å². The first-order valence-corrected chi connectivity index (χ1v) is 24.9. The molecule has 2 aliphatic rings. The molecule has 6 atom stereocenters. The molecule has 2 unspecified atom stereocenters. The number of nitrogens with one attached hydrogen (secondary N) is 1. The fourth-order valence-corrected chi connectivity index (χ4v) is 8.88. The molecule has 17 heteroatoms. The van der Waals surface area contributed by atoms with Crippen LogP contribution in [0.4, 0.5) is 26.3 Å². The number of hydrogen-bond acceptors (Lipinski definition) is 8. The van der Waals surface area contributed by atoms with Gasteiger partial charge in [-0.15, -0.1) is 9.24 Å². The van der Waals surface area contributed by atoms with Crippen molar-refractivity contribution in [2.24, 2.45) is 0 Å². The largest absolute Gasteiger partial charge is 0.394 e. The van der Waals surface area contributed by atoms with Gasteiger partial charge >= 0.3 is 0 Å². The van der Waals surface area contributed by atoms with Crippen molar-refractivity contribution in [2.75, 3.05) is 46.0 Å². The Morgan fingerprint density at radius 2 is 1.06 bits per heavy atom. The summed E-state index contributed by atoms with van der Waals surface area (Å²) in [5.74, 6) is -8.10. The van der Waals surface area contributed by atoms with Crippen molar-refractivity contribution < 1.29 is 55.5 Å². The van der Waals surface area contributed by atoms with E-state index in [-0.39, 0.29) is 44.0 Å². The monoisotopic (exact) mass is 1040 g/mol. The second-order valence-electron chi connectivity index (χ2n) is 16.9. The van der Waals surface area contributed by atoms with Crippen LogP contribution < -0.4 is 5.32 Å². The maximum atomic E-state index is 14.4. The van der Waals surface area contributed by atoms with Crippen LogP contribution in [0.2, 0.25) is 10.0 Å². The maximum absolute atomic E-state index is 14.4. The lowest BCUT2D eigenvalue weighted by atomic mass is 9.81. The highest BCUT2D eigenvalue weighted by Crippen LogP contribution is 2.42. The molecule has 6 aromatic rings. The van der Waals surface area contributed by atoms with Crippen LogP contribution in [0, 0.1) is 34.9 Å². The molecule has 2 fully saturated rings. The molecule has 6 aromatic carbocycles. The van der Waals surface area contributed by atoms with E-state index in [0.717, 1.165) is 40.5 Å². The molecule has 71 heavy (non-hydrogen) atoms. The summed E-state index contributed by atoms with van der Waals surface area (Å²) in [5.41, 5.74) is 1.63. The van der Waals surface area contributed by atoms with Gasteiger partial charge in [0.15, 0.2) is 34.9 Å². The van der Waals surface area contributed by atoms with Gasteiger partial charge in [0.05, 0.1) is 39.1 Å². The molecule has 0 aromatic heterocycles. The average molecular weight is 1050 g/mol. The number of ether oxygens (including phenoxy) is 4. The topological polar surface area (TPSA) is 92.7 Å². The molecule has 380 valence electrons. The van der Waals surface area contributed by atoms with Crippen molar-refractivity contribution in [3.8, 4) is 0 Å². The van der Waals surface area contributed by atoms with Gasteiger partial charge in [-0.3, -0.25) is 4.90 Å². The zero-order valence-electron chi connectivity index (χ0n) is 39.0. The van der Waals surface area contributed by atoms with E-state index in [0.29, 0.717) is 49.1 Å². The maximum Gasteiger partial charge on any atom is 0.194 e. The summed E-state index contributed by atoms with van der Waals surface area (Å²) < 4.78 is 108. The van der Waals surface area contributed by atoms with Gasteiger partial charge in [-0.1, -0.05) is 127 Å². The van der Waals surface area contributed by atoms with Crippen LogP contribution in [0.15, 0.2) is 133 Å². The van der Waals surface area contributed by atoms with Crippen LogP contribution in [0.25, 0.3) is 0 Å². The smallest absolute Gasteiger partial charge is 0.194 e. The highest BCUT2D eigenvalue weighted by atomic mass is 35.5. The molecule has 0 spiro atoms. The number of rotatable bonds is 17. The molecule has 8 nitrogen and oxygen atoms in total. The quantitative estimate of drug-likeness (QED) is 0.0473. The van der Waals surface area contributed by atoms with Gasteiger partial charge in [-0.05, 0) is 78.0 Å². The number of piperidine rings is 2. The van der Waals surface area contributed by atoms with Gasteiger partial charge in [-0.2, -0.15) is 0 Å². The summed E-state index contributed by atoms with van der Waals surface area (Å²) in [6.45, 7) is 3.73. The SMILES string of the molecule is CP.Fc1ccc(CO[C@@H]2CNCC[C@@]2(OCc2ccccc2)c2ccc(Cl)cc2)c(F)c1F.OCC(O)CN1CC[C@@](OCc2ccccc2)(c2ccc(Cl)cc2)[C@H](OCc2ccc(F)c(F)c2F)C1. The third kappa shape index (κ3) is 14.4. The number of halogens is 8. The average Bonchev–Trinajstić information content (AvgIpc) is 3.40. The molecule has 0 radical (unpaired) electrons. The number of aliphatic hydroxyl groups is 2. The van der Waals surface area contributed by atoms with Crippen LogP contribution in [-0.2, 0) is 56.6 Å². The Morgan fingerprint density at radius 1 is 0.606 bits per heavy atom. The molecule has 2 saturated heterocycles. The minimum atomic E-state index is -1.55. The predicted octanol–water partition coefficient (Wildman–Crippen LogP) is 11.1. The highest BCUT2D eigenvalue weighted by Gasteiger charge is 2.47. The molecule has 3 N–H and O–H groups in total. The lowest BCUT2D eigenvalue weighted by Gasteiger charge is -2.48. The Bertz CT molecular complexity index is 2580. The second-order valence-corrected chi connectivity index (χ2v) is 17.8. The lowest BCUT2D eigenvalue weighted by Crippen LogP contribution is -2.57. The fourth-order valence-electron chi connectivity index (χ4n) is 8.62. The van der Waals surface area contributed by atoms with Gasteiger partial charge in [0.2, 0.25) is 0 Å². The van der Waals surface area contributed by atoms with E-state index in [1.165, 1.54) is 6.07 Å². The Hall–Kier alpha value is -4.41. The Kier molecular flexibility index (Phi) is 21.3. The first-order valence-electron chi connectivity index (χ1n) is 23.0. The van der Waals surface area contributed by atoms with Crippen molar-refractivity contribution in [2.45, 2.75) is 68.8 Å². The highest BCUT2D eigenvalue weighted by molar-refractivity contribution is 7.15. The van der Waals surface area contributed by atoms with Crippen molar-refractivity contribution >= 4 is 32.4 Å². The Morgan fingerprint density at radius 3 is 1.52 bits per heavy atom. The van der Waals surface area contributed by atoms with E-state index in [2.05, 4.69) is 14.6 Å². The Balaban J connectivity index is 0.000000227. The number of likely N-dealkylation sites (tertiary alicyclic amines) is 1. The summed E-state index contributed by atoms with van der Waals surface area (Å²) in [6, 6.07) is 38.0. The summed E-state index contributed by atoms with van der Waals surface area (Å²) >= 11 is 12.2. The van der Waals surface area contributed by atoms with Gasteiger partial charge in [0.1, 0.15) is 23.4 Å². The van der Waals surface area contributed by atoms with Crippen LogP contribution in [0.3, 0.4) is 0 Å². The number of aliphatic hydroxyl groups excluding tert-OH is 2. The van der Waals surface area contributed by atoms with Gasteiger partial charge in [0, 0.05) is 47.4 Å². The number of benzene rings is 6. The third-order valence-electron chi connectivity index (χ3n) is 12.4. The molecule has 0 amide bonds. The molecular weight excluding hydrogens is 988 g/mol. The zero-order chi connectivity index (χ0) is 51.0. The lowest BCUT2D eigenvalue weighted by molar-refractivity contribution is -0.195. The summed E-state index contributed by atoms with van der Waals surface area (Å²) in [4.78, 5) is 1.92. The van der Waals surface area contributed by atoms with Crippen molar-refractivity contribution in [1.29, 1.82) is 0 Å².